The molecule has 2 heterocycles. The minimum atomic E-state index is 0.272. The van der Waals surface area contributed by atoms with Crippen LogP contribution in [-0.4, -0.2) is 15.0 Å². The van der Waals surface area contributed by atoms with Crippen molar-refractivity contribution in [2.45, 2.75) is 19.5 Å². The summed E-state index contributed by atoms with van der Waals surface area (Å²) < 4.78 is 0. The zero-order chi connectivity index (χ0) is 11.2. The molecular weight excluding hydrogens is 200 g/mol. The first-order valence-electron chi connectivity index (χ1n) is 5.23. The molecule has 82 valence electrons. The monoisotopic (exact) mass is 214 g/mol. The van der Waals surface area contributed by atoms with Crippen LogP contribution in [0.1, 0.15) is 24.1 Å². The molecule has 0 fully saturated rings. The highest BCUT2D eigenvalue weighted by Crippen LogP contribution is 2.10. The van der Waals surface area contributed by atoms with Gasteiger partial charge in [0.1, 0.15) is 6.33 Å². The quantitative estimate of drug-likeness (QED) is 0.842. The maximum atomic E-state index is 4.10. The van der Waals surface area contributed by atoms with E-state index in [0.717, 1.165) is 12.1 Å². The second kappa shape index (κ2) is 5.32. The van der Waals surface area contributed by atoms with Crippen molar-refractivity contribution in [3.63, 3.8) is 0 Å². The lowest BCUT2D eigenvalue weighted by molar-refractivity contribution is 0.571. The molecule has 4 nitrogen and oxygen atoms in total. The summed E-state index contributed by atoms with van der Waals surface area (Å²) in [4.78, 5) is 12.0. The molecule has 0 saturated carbocycles. The molecule has 1 unspecified atom stereocenters. The standard InChI is InChI=1S/C12H14N4/c1-10(12-3-2-4-13-8-12)16-7-11-5-14-9-15-6-11/h2-6,8-10,16H,7H2,1H3. The predicted molar refractivity (Wildman–Crippen MR) is 61.5 cm³/mol. The number of hydrogen-bond donors (Lipinski definition) is 1. The number of nitrogens with one attached hydrogen (secondary N) is 1. The van der Waals surface area contributed by atoms with Gasteiger partial charge in [-0.15, -0.1) is 0 Å². The average molecular weight is 214 g/mol. The first-order valence-corrected chi connectivity index (χ1v) is 5.23. The van der Waals surface area contributed by atoms with Crippen molar-refractivity contribution in [3.05, 3.63) is 54.4 Å². The Morgan fingerprint density at radius 2 is 2.00 bits per heavy atom. The van der Waals surface area contributed by atoms with Gasteiger partial charge in [-0.05, 0) is 18.6 Å². The van der Waals surface area contributed by atoms with Gasteiger partial charge in [-0.1, -0.05) is 6.07 Å². The van der Waals surface area contributed by atoms with Crippen LogP contribution in [0.2, 0.25) is 0 Å². The lowest BCUT2D eigenvalue weighted by Gasteiger charge is -2.13. The number of hydrogen-bond acceptors (Lipinski definition) is 4. The number of rotatable bonds is 4. The summed E-state index contributed by atoms with van der Waals surface area (Å²) in [7, 11) is 0. The van der Waals surface area contributed by atoms with E-state index in [4.69, 9.17) is 0 Å². The minimum absolute atomic E-state index is 0.272. The average Bonchev–Trinajstić information content (AvgIpc) is 2.38. The number of pyridine rings is 1. The third-order valence-electron chi connectivity index (χ3n) is 2.41. The van der Waals surface area contributed by atoms with Gasteiger partial charge in [0.05, 0.1) is 0 Å². The Labute approximate surface area is 94.8 Å². The molecule has 1 atom stereocenters. The van der Waals surface area contributed by atoms with Gasteiger partial charge < -0.3 is 5.32 Å². The zero-order valence-corrected chi connectivity index (χ0v) is 9.17. The van der Waals surface area contributed by atoms with E-state index in [-0.39, 0.29) is 6.04 Å². The first kappa shape index (κ1) is 10.7. The molecule has 16 heavy (non-hydrogen) atoms. The van der Waals surface area contributed by atoms with E-state index in [0.29, 0.717) is 0 Å². The lowest BCUT2D eigenvalue weighted by atomic mass is 10.1. The molecule has 1 N–H and O–H groups in total. The smallest absolute Gasteiger partial charge is 0.115 e. The molecule has 0 aromatic carbocycles. The summed E-state index contributed by atoms with van der Waals surface area (Å²) in [6, 6.07) is 4.28. The molecule has 2 rings (SSSR count). The van der Waals surface area contributed by atoms with E-state index in [1.165, 1.54) is 11.9 Å². The fourth-order valence-electron chi connectivity index (χ4n) is 1.44. The molecule has 0 bridgehead atoms. The molecule has 0 amide bonds. The highest BCUT2D eigenvalue weighted by molar-refractivity contribution is 5.13. The van der Waals surface area contributed by atoms with Crippen molar-refractivity contribution in [2.24, 2.45) is 0 Å². The van der Waals surface area contributed by atoms with E-state index < -0.39 is 0 Å². The van der Waals surface area contributed by atoms with Crippen molar-refractivity contribution < 1.29 is 0 Å². The fourth-order valence-corrected chi connectivity index (χ4v) is 1.44. The van der Waals surface area contributed by atoms with Crippen LogP contribution in [0.5, 0.6) is 0 Å². The Balaban J connectivity index is 1.92. The molecule has 0 spiro atoms. The van der Waals surface area contributed by atoms with Gasteiger partial charge in [0, 0.05) is 42.9 Å². The summed E-state index contributed by atoms with van der Waals surface area (Å²) >= 11 is 0. The normalized spacial score (nSPS) is 12.3. The van der Waals surface area contributed by atoms with Crippen LogP contribution >= 0.6 is 0 Å². The van der Waals surface area contributed by atoms with Gasteiger partial charge in [0.25, 0.3) is 0 Å². The van der Waals surface area contributed by atoms with Crippen molar-refractivity contribution in [1.82, 2.24) is 20.3 Å². The highest BCUT2D eigenvalue weighted by atomic mass is 14.9. The van der Waals surface area contributed by atoms with Crippen LogP contribution in [0.3, 0.4) is 0 Å². The number of nitrogens with zero attached hydrogens (tertiary/aromatic N) is 3. The third kappa shape index (κ3) is 2.84. The van der Waals surface area contributed by atoms with Crippen LogP contribution in [0.4, 0.5) is 0 Å². The molecule has 0 aliphatic heterocycles. The highest BCUT2D eigenvalue weighted by Gasteiger charge is 2.04. The van der Waals surface area contributed by atoms with Crippen LogP contribution in [-0.2, 0) is 6.54 Å². The van der Waals surface area contributed by atoms with Gasteiger partial charge in [-0.3, -0.25) is 4.98 Å². The minimum Gasteiger partial charge on any atom is -0.306 e. The van der Waals surface area contributed by atoms with Crippen LogP contribution < -0.4 is 5.32 Å². The fraction of sp³-hybridized carbons (Fsp3) is 0.250. The van der Waals surface area contributed by atoms with Gasteiger partial charge in [-0.25, -0.2) is 9.97 Å². The third-order valence-corrected chi connectivity index (χ3v) is 2.41. The van der Waals surface area contributed by atoms with E-state index in [9.17, 15) is 0 Å². The van der Waals surface area contributed by atoms with Gasteiger partial charge in [-0.2, -0.15) is 0 Å². The maximum Gasteiger partial charge on any atom is 0.115 e. The molecule has 2 aromatic heterocycles. The van der Waals surface area contributed by atoms with Crippen LogP contribution in [0.25, 0.3) is 0 Å². The van der Waals surface area contributed by atoms with Crippen molar-refractivity contribution >= 4 is 0 Å². The van der Waals surface area contributed by atoms with Crippen LogP contribution in [0.15, 0.2) is 43.2 Å². The second-order valence-corrected chi connectivity index (χ2v) is 3.64. The summed E-state index contributed by atoms with van der Waals surface area (Å²) in [6.45, 7) is 2.87. The van der Waals surface area contributed by atoms with Gasteiger partial charge >= 0.3 is 0 Å². The SMILES string of the molecule is CC(NCc1cncnc1)c1cccnc1. The van der Waals surface area contributed by atoms with Crippen LogP contribution in [0, 0.1) is 0 Å². The van der Waals surface area contributed by atoms with Gasteiger partial charge in [0.15, 0.2) is 0 Å². The molecule has 0 saturated heterocycles. The Hall–Kier alpha value is -1.81. The molecular formula is C12H14N4. The molecule has 0 radical (unpaired) electrons. The Kier molecular flexibility index (Phi) is 3.56. The van der Waals surface area contributed by atoms with Crippen molar-refractivity contribution in [3.8, 4) is 0 Å². The van der Waals surface area contributed by atoms with E-state index in [1.807, 2.05) is 24.7 Å². The predicted octanol–water partition coefficient (Wildman–Crippen LogP) is 1.72. The van der Waals surface area contributed by atoms with Crippen molar-refractivity contribution in [1.29, 1.82) is 0 Å². The molecule has 0 aliphatic rings. The van der Waals surface area contributed by atoms with E-state index >= 15 is 0 Å². The summed E-state index contributed by atoms with van der Waals surface area (Å²) in [6.07, 6.45) is 8.82. The Morgan fingerprint density at radius 1 is 1.19 bits per heavy atom. The molecule has 4 heteroatoms. The van der Waals surface area contributed by atoms with E-state index in [2.05, 4.69) is 33.3 Å². The summed E-state index contributed by atoms with van der Waals surface area (Å²) in [5, 5.41) is 3.40. The molecule has 2 aromatic rings. The van der Waals surface area contributed by atoms with Gasteiger partial charge in [0.2, 0.25) is 0 Å². The Bertz CT molecular complexity index is 416. The maximum absolute atomic E-state index is 4.10. The second-order valence-electron chi connectivity index (χ2n) is 3.64. The first-order chi connectivity index (χ1) is 7.86. The van der Waals surface area contributed by atoms with E-state index in [1.54, 1.807) is 6.20 Å². The summed E-state index contributed by atoms with van der Waals surface area (Å²) in [5.41, 5.74) is 2.26. The lowest BCUT2D eigenvalue weighted by Crippen LogP contribution is -2.18. The number of aromatic nitrogens is 3. The Morgan fingerprint density at radius 3 is 2.69 bits per heavy atom. The topological polar surface area (TPSA) is 50.7 Å². The summed E-state index contributed by atoms with van der Waals surface area (Å²) in [5.74, 6) is 0. The molecule has 0 aliphatic carbocycles. The van der Waals surface area contributed by atoms with Crippen molar-refractivity contribution in [2.75, 3.05) is 0 Å². The zero-order valence-electron chi connectivity index (χ0n) is 9.17. The largest absolute Gasteiger partial charge is 0.306 e.